The van der Waals surface area contributed by atoms with Gasteiger partial charge in [0.15, 0.2) is 0 Å². The zero-order chi connectivity index (χ0) is 11.1. The molecule has 0 aromatic heterocycles. The van der Waals surface area contributed by atoms with Gasteiger partial charge in [-0.2, -0.15) is 0 Å². The summed E-state index contributed by atoms with van der Waals surface area (Å²) in [5.74, 6) is 0. The van der Waals surface area contributed by atoms with Crippen LogP contribution in [0.1, 0.15) is 26.3 Å². The molecular weight excluding hydrogens is 186 g/mol. The van der Waals surface area contributed by atoms with Crippen LogP contribution >= 0.6 is 0 Å². The van der Waals surface area contributed by atoms with Gasteiger partial charge in [0.05, 0.1) is 6.61 Å². The molecule has 84 valence electrons. The van der Waals surface area contributed by atoms with E-state index in [1.165, 1.54) is 5.56 Å². The molecule has 0 saturated carbocycles. The molecule has 0 amide bonds. The Morgan fingerprint density at radius 3 is 2.47 bits per heavy atom. The maximum atomic E-state index is 5.42. The summed E-state index contributed by atoms with van der Waals surface area (Å²) in [6.07, 6.45) is 0. The van der Waals surface area contributed by atoms with E-state index in [1.807, 2.05) is 13.0 Å². The Balaban J connectivity index is 2.35. The maximum absolute atomic E-state index is 5.42. The van der Waals surface area contributed by atoms with Crippen molar-refractivity contribution in [2.75, 3.05) is 13.2 Å². The molecule has 0 bridgehead atoms. The smallest absolute Gasteiger partial charge is 0.0642 e. The van der Waals surface area contributed by atoms with Crippen molar-refractivity contribution in [2.45, 2.75) is 32.9 Å². The number of nitrogens with one attached hydrogen (secondary N) is 1. The summed E-state index contributed by atoms with van der Waals surface area (Å²) in [6, 6.07) is 10.4. The van der Waals surface area contributed by atoms with E-state index in [0.29, 0.717) is 0 Å². The molecule has 1 N–H and O–H groups in total. The van der Waals surface area contributed by atoms with E-state index in [1.54, 1.807) is 0 Å². The fourth-order valence-corrected chi connectivity index (χ4v) is 1.35. The Hall–Kier alpha value is -0.860. The van der Waals surface area contributed by atoms with Gasteiger partial charge < -0.3 is 10.1 Å². The molecule has 2 heteroatoms. The molecule has 1 aromatic rings. The Bertz CT molecular complexity index is 269. The maximum Gasteiger partial charge on any atom is 0.0642 e. The summed E-state index contributed by atoms with van der Waals surface area (Å²) < 4.78 is 5.42. The SMILES string of the molecule is CCOCC(C)(C)NCc1ccccc1. The van der Waals surface area contributed by atoms with Gasteiger partial charge in [0, 0.05) is 18.7 Å². The van der Waals surface area contributed by atoms with Gasteiger partial charge in [0.2, 0.25) is 0 Å². The molecule has 1 rings (SSSR count). The highest BCUT2D eigenvalue weighted by atomic mass is 16.5. The summed E-state index contributed by atoms with van der Waals surface area (Å²) in [5, 5.41) is 3.49. The van der Waals surface area contributed by atoms with Crippen molar-refractivity contribution in [3.63, 3.8) is 0 Å². The zero-order valence-corrected chi connectivity index (χ0v) is 9.92. The van der Waals surface area contributed by atoms with Crippen LogP contribution in [0.25, 0.3) is 0 Å². The molecule has 0 saturated heterocycles. The average Bonchev–Trinajstić information content (AvgIpc) is 2.25. The third kappa shape index (κ3) is 4.96. The molecule has 1 aromatic carbocycles. The van der Waals surface area contributed by atoms with Crippen molar-refractivity contribution >= 4 is 0 Å². The fourth-order valence-electron chi connectivity index (χ4n) is 1.35. The van der Waals surface area contributed by atoms with Crippen LogP contribution in [-0.2, 0) is 11.3 Å². The Morgan fingerprint density at radius 1 is 1.20 bits per heavy atom. The molecule has 0 spiro atoms. The molecule has 0 radical (unpaired) electrons. The lowest BCUT2D eigenvalue weighted by atomic mass is 10.1. The largest absolute Gasteiger partial charge is 0.380 e. The van der Waals surface area contributed by atoms with Crippen LogP contribution in [0.2, 0.25) is 0 Å². The van der Waals surface area contributed by atoms with E-state index in [9.17, 15) is 0 Å². The molecule has 0 unspecified atom stereocenters. The minimum absolute atomic E-state index is 0.0336. The second kappa shape index (κ2) is 5.89. The first-order chi connectivity index (χ1) is 7.14. The lowest BCUT2D eigenvalue weighted by molar-refractivity contribution is 0.0912. The van der Waals surface area contributed by atoms with Crippen LogP contribution in [0.3, 0.4) is 0 Å². The van der Waals surface area contributed by atoms with Crippen molar-refractivity contribution in [1.82, 2.24) is 5.32 Å². The van der Waals surface area contributed by atoms with E-state index in [-0.39, 0.29) is 5.54 Å². The van der Waals surface area contributed by atoms with Gasteiger partial charge in [-0.3, -0.25) is 0 Å². The molecule has 0 aliphatic heterocycles. The van der Waals surface area contributed by atoms with Crippen molar-refractivity contribution in [2.24, 2.45) is 0 Å². The molecule has 0 atom stereocenters. The normalized spacial score (nSPS) is 11.7. The van der Waals surface area contributed by atoms with Crippen molar-refractivity contribution < 1.29 is 4.74 Å². The van der Waals surface area contributed by atoms with Crippen molar-refractivity contribution in [3.8, 4) is 0 Å². The summed E-state index contributed by atoms with van der Waals surface area (Å²) in [7, 11) is 0. The molecule has 0 aliphatic rings. The first-order valence-electron chi connectivity index (χ1n) is 5.51. The monoisotopic (exact) mass is 207 g/mol. The second-order valence-electron chi connectivity index (χ2n) is 4.36. The van der Waals surface area contributed by atoms with Crippen LogP contribution in [0, 0.1) is 0 Å². The van der Waals surface area contributed by atoms with Crippen molar-refractivity contribution in [1.29, 1.82) is 0 Å². The van der Waals surface area contributed by atoms with Gasteiger partial charge in [-0.1, -0.05) is 30.3 Å². The van der Waals surface area contributed by atoms with Crippen LogP contribution in [-0.4, -0.2) is 18.8 Å². The zero-order valence-electron chi connectivity index (χ0n) is 9.92. The number of hydrogen-bond donors (Lipinski definition) is 1. The van der Waals surface area contributed by atoms with Crippen molar-refractivity contribution in [3.05, 3.63) is 35.9 Å². The number of rotatable bonds is 6. The Kier molecular flexibility index (Phi) is 4.79. The van der Waals surface area contributed by atoms with E-state index >= 15 is 0 Å². The van der Waals surface area contributed by atoms with Crippen LogP contribution in [0.5, 0.6) is 0 Å². The molecular formula is C13H21NO. The summed E-state index contributed by atoms with van der Waals surface area (Å²) in [6.45, 7) is 8.75. The van der Waals surface area contributed by atoms with Crippen LogP contribution in [0.15, 0.2) is 30.3 Å². The highest BCUT2D eigenvalue weighted by molar-refractivity contribution is 5.14. The van der Waals surface area contributed by atoms with E-state index in [4.69, 9.17) is 4.74 Å². The molecule has 0 aliphatic carbocycles. The summed E-state index contributed by atoms with van der Waals surface area (Å²) in [4.78, 5) is 0. The first-order valence-corrected chi connectivity index (χ1v) is 5.51. The van der Waals surface area contributed by atoms with E-state index in [0.717, 1.165) is 19.8 Å². The number of benzene rings is 1. The third-order valence-electron chi connectivity index (χ3n) is 2.28. The molecule has 0 fully saturated rings. The average molecular weight is 207 g/mol. The molecule has 15 heavy (non-hydrogen) atoms. The Morgan fingerprint density at radius 2 is 1.87 bits per heavy atom. The van der Waals surface area contributed by atoms with Gasteiger partial charge in [-0.05, 0) is 26.3 Å². The summed E-state index contributed by atoms with van der Waals surface area (Å²) >= 11 is 0. The van der Waals surface area contributed by atoms with Crippen LogP contribution in [0.4, 0.5) is 0 Å². The number of ether oxygens (including phenoxy) is 1. The van der Waals surface area contributed by atoms with Gasteiger partial charge in [0.25, 0.3) is 0 Å². The fraction of sp³-hybridized carbons (Fsp3) is 0.538. The minimum Gasteiger partial charge on any atom is -0.380 e. The standard InChI is InChI=1S/C13H21NO/c1-4-15-11-13(2,3)14-10-12-8-6-5-7-9-12/h5-9,14H,4,10-11H2,1-3H3. The summed E-state index contributed by atoms with van der Waals surface area (Å²) in [5.41, 5.74) is 1.34. The first kappa shape index (κ1) is 12.2. The van der Waals surface area contributed by atoms with E-state index in [2.05, 4.69) is 43.4 Å². The van der Waals surface area contributed by atoms with Gasteiger partial charge in [-0.15, -0.1) is 0 Å². The van der Waals surface area contributed by atoms with E-state index < -0.39 is 0 Å². The number of hydrogen-bond acceptors (Lipinski definition) is 2. The van der Waals surface area contributed by atoms with Gasteiger partial charge >= 0.3 is 0 Å². The lowest BCUT2D eigenvalue weighted by Gasteiger charge is -2.26. The van der Waals surface area contributed by atoms with Gasteiger partial charge in [-0.25, -0.2) is 0 Å². The molecule has 0 heterocycles. The predicted molar refractivity (Wildman–Crippen MR) is 63.9 cm³/mol. The Labute approximate surface area is 92.6 Å². The van der Waals surface area contributed by atoms with Gasteiger partial charge in [0.1, 0.15) is 0 Å². The quantitative estimate of drug-likeness (QED) is 0.774. The third-order valence-corrected chi connectivity index (χ3v) is 2.28. The second-order valence-corrected chi connectivity index (χ2v) is 4.36. The molecule has 2 nitrogen and oxygen atoms in total. The minimum atomic E-state index is 0.0336. The highest BCUT2D eigenvalue weighted by Gasteiger charge is 2.16. The topological polar surface area (TPSA) is 21.3 Å². The lowest BCUT2D eigenvalue weighted by Crippen LogP contribution is -2.43. The predicted octanol–water partition coefficient (Wildman–Crippen LogP) is 2.59. The van der Waals surface area contributed by atoms with Crippen LogP contribution < -0.4 is 5.32 Å². The highest BCUT2D eigenvalue weighted by Crippen LogP contribution is 2.05.